The molecule has 0 aliphatic heterocycles. The van der Waals surface area contributed by atoms with Gasteiger partial charge in [0.05, 0.1) is 0 Å². The maximum Gasteiger partial charge on any atom is 0.0447 e. The van der Waals surface area contributed by atoms with Gasteiger partial charge in [-0.15, -0.1) is 0 Å². The smallest absolute Gasteiger partial charge is 0.0447 e. The molecular formula is C23H26N2. The molecule has 3 rings (SSSR count). The molecule has 0 radical (unpaired) electrons. The van der Waals surface area contributed by atoms with E-state index in [0.717, 1.165) is 19.6 Å². The summed E-state index contributed by atoms with van der Waals surface area (Å²) >= 11 is 0. The summed E-state index contributed by atoms with van der Waals surface area (Å²) in [5.41, 5.74) is 4.03. The molecule has 0 bridgehead atoms. The van der Waals surface area contributed by atoms with Crippen LogP contribution in [-0.2, 0) is 13.1 Å². The van der Waals surface area contributed by atoms with E-state index in [4.69, 9.17) is 0 Å². The molecule has 2 heteroatoms. The van der Waals surface area contributed by atoms with Crippen LogP contribution in [0.3, 0.4) is 0 Å². The van der Waals surface area contributed by atoms with Crippen molar-refractivity contribution in [3.8, 4) is 0 Å². The van der Waals surface area contributed by atoms with Gasteiger partial charge in [-0.05, 0) is 23.7 Å². The minimum Gasteiger partial charge on any atom is -0.312 e. The molecule has 3 aromatic rings. The van der Waals surface area contributed by atoms with E-state index in [9.17, 15) is 0 Å². The Labute approximate surface area is 151 Å². The van der Waals surface area contributed by atoms with Gasteiger partial charge in [0.2, 0.25) is 0 Å². The van der Waals surface area contributed by atoms with E-state index in [-0.39, 0.29) is 0 Å². The fourth-order valence-corrected chi connectivity index (χ4v) is 3.18. The van der Waals surface area contributed by atoms with Gasteiger partial charge in [-0.2, -0.15) is 0 Å². The van der Waals surface area contributed by atoms with Crippen molar-refractivity contribution in [1.82, 2.24) is 10.2 Å². The van der Waals surface area contributed by atoms with Crippen LogP contribution in [0.4, 0.5) is 0 Å². The summed E-state index contributed by atoms with van der Waals surface area (Å²) < 4.78 is 0. The fourth-order valence-electron chi connectivity index (χ4n) is 3.18. The quantitative estimate of drug-likeness (QED) is 0.647. The Hall–Kier alpha value is -2.42. The van der Waals surface area contributed by atoms with Crippen LogP contribution in [0, 0.1) is 0 Å². The lowest BCUT2D eigenvalue weighted by atomic mass is 10.1. The first-order valence-electron chi connectivity index (χ1n) is 8.87. The molecule has 0 unspecified atom stereocenters. The number of likely N-dealkylation sites (N-methyl/N-ethyl adjacent to an activating group) is 1. The molecule has 0 aliphatic carbocycles. The third kappa shape index (κ3) is 5.28. The first-order valence-corrected chi connectivity index (χ1v) is 8.87. The first kappa shape index (κ1) is 17.4. The Balaban J connectivity index is 1.77. The largest absolute Gasteiger partial charge is 0.312 e. The minimum absolute atomic E-state index is 0.314. The average molecular weight is 330 g/mol. The van der Waals surface area contributed by atoms with Crippen LogP contribution in [0.2, 0.25) is 0 Å². The molecule has 0 fully saturated rings. The molecular weight excluding hydrogens is 304 g/mol. The summed E-state index contributed by atoms with van der Waals surface area (Å²) in [4.78, 5) is 2.51. The number of benzene rings is 3. The summed E-state index contributed by atoms with van der Waals surface area (Å²) in [6.45, 7) is 2.85. The van der Waals surface area contributed by atoms with E-state index in [2.05, 4.69) is 101 Å². The topological polar surface area (TPSA) is 15.3 Å². The van der Waals surface area contributed by atoms with Gasteiger partial charge in [0, 0.05) is 25.7 Å². The van der Waals surface area contributed by atoms with E-state index in [1.807, 2.05) is 7.05 Å². The van der Waals surface area contributed by atoms with Crippen LogP contribution in [0.15, 0.2) is 91.0 Å². The number of nitrogens with one attached hydrogen (secondary N) is 1. The standard InChI is InChI=1S/C23H26N2/c1-24-23(22-15-9-4-10-16-22)19-25(17-20-11-5-2-6-12-20)18-21-13-7-3-8-14-21/h2-16,23-24H,17-19H2,1H3/t23-/m0/s1. The molecule has 128 valence electrons. The van der Waals surface area contributed by atoms with Crippen molar-refractivity contribution in [2.24, 2.45) is 0 Å². The molecule has 0 saturated heterocycles. The Bertz CT molecular complexity index is 684. The van der Waals surface area contributed by atoms with Crippen molar-refractivity contribution in [2.45, 2.75) is 19.1 Å². The second-order valence-electron chi connectivity index (χ2n) is 6.39. The second kappa shape index (κ2) is 9.16. The van der Waals surface area contributed by atoms with Gasteiger partial charge >= 0.3 is 0 Å². The number of hydrogen-bond donors (Lipinski definition) is 1. The zero-order chi connectivity index (χ0) is 17.3. The Morgan fingerprint density at radius 3 is 1.56 bits per heavy atom. The van der Waals surface area contributed by atoms with Crippen molar-refractivity contribution in [3.63, 3.8) is 0 Å². The molecule has 0 spiro atoms. The Kier molecular flexibility index (Phi) is 6.38. The predicted molar refractivity (Wildman–Crippen MR) is 105 cm³/mol. The van der Waals surface area contributed by atoms with Crippen molar-refractivity contribution >= 4 is 0 Å². The van der Waals surface area contributed by atoms with Crippen LogP contribution >= 0.6 is 0 Å². The summed E-state index contributed by atoms with van der Waals surface area (Å²) in [6, 6.07) is 32.4. The summed E-state index contributed by atoms with van der Waals surface area (Å²) in [6.07, 6.45) is 0. The normalized spacial score (nSPS) is 12.2. The number of nitrogens with zero attached hydrogens (tertiary/aromatic N) is 1. The highest BCUT2D eigenvalue weighted by atomic mass is 15.1. The van der Waals surface area contributed by atoms with Crippen LogP contribution in [0.1, 0.15) is 22.7 Å². The highest BCUT2D eigenvalue weighted by Gasteiger charge is 2.15. The Morgan fingerprint density at radius 2 is 1.12 bits per heavy atom. The summed E-state index contributed by atoms with van der Waals surface area (Å²) in [5, 5.41) is 3.48. The van der Waals surface area contributed by atoms with Gasteiger partial charge in [-0.3, -0.25) is 4.90 Å². The van der Waals surface area contributed by atoms with Crippen molar-refractivity contribution in [2.75, 3.05) is 13.6 Å². The van der Waals surface area contributed by atoms with E-state index in [0.29, 0.717) is 6.04 Å². The first-order chi connectivity index (χ1) is 12.3. The molecule has 0 aliphatic rings. The summed E-state index contributed by atoms with van der Waals surface area (Å²) in [7, 11) is 2.04. The highest BCUT2D eigenvalue weighted by Crippen LogP contribution is 2.17. The zero-order valence-corrected chi connectivity index (χ0v) is 14.8. The van der Waals surface area contributed by atoms with Crippen molar-refractivity contribution in [3.05, 3.63) is 108 Å². The highest BCUT2D eigenvalue weighted by molar-refractivity contribution is 5.21. The molecule has 0 aromatic heterocycles. The molecule has 25 heavy (non-hydrogen) atoms. The van der Waals surface area contributed by atoms with Crippen LogP contribution in [0.25, 0.3) is 0 Å². The molecule has 1 N–H and O–H groups in total. The molecule has 0 heterocycles. The van der Waals surface area contributed by atoms with Crippen LogP contribution in [0.5, 0.6) is 0 Å². The van der Waals surface area contributed by atoms with E-state index in [1.165, 1.54) is 16.7 Å². The maximum atomic E-state index is 3.48. The van der Waals surface area contributed by atoms with Gasteiger partial charge < -0.3 is 5.32 Å². The zero-order valence-electron chi connectivity index (χ0n) is 14.8. The summed E-state index contributed by atoms with van der Waals surface area (Å²) in [5.74, 6) is 0. The van der Waals surface area contributed by atoms with Crippen molar-refractivity contribution in [1.29, 1.82) is 0 Å². The number of hydrogen-bond acceptors (Lipinski definition) is 2. The van der Waals surface area contributed by atoms with E-state index >= 15 is 0 Å². The van der Waals surface area contributed by atoms with Crippen LogP contribution < -0.4 is 5.32 Å². The van der Waals surface area contributed by atoms with Gasteiger partial charge in [0.1, 0.15) is 0 Å². The average Bonchev–Trinajstić information content (AvgIpc) is 2.68. The lowest BCUT2D eigenvalue weighted by molar-refractivity contribution is 0.230. The third-order valence-electron chi connectivity index (χ3n) is 4.49. The molecule has 3 aromatic carbocycles. The second-order valence-corrected chi connectivity index (χ2v) is 6.39. The third-order valence-corrected chi connectivity index (χ3v) is 4.49. The van der Waals surface area contributed by atoms with Crippen molar-refractivity contribution < 1.29 is 0 Å². The van der Waals surface area contributed by atoms with Gasteiger partial charge in [0.15, 0.2) is 0 Å². The molecule has 0 saturated carbocycles. The van der Waals surface area contributed by atoms with E-state index < -0.39 is 0 Å². The Morgan fingerprint density at radius 1 is 0.680 bits per heavy atom. The fraction of sp³-hybridized carbons (Fsp3) is 0.217. The lowest BCUT2D eigenvalue weighted by Gasteiger charge is -2.28. The predicted octanol–water partition coefficient (Wildman–Crippen LogP) is 4.65. The van der Waals surface area contributed by atoms with Gasteiger partial charge in [-0.25, -0.2) is 0 Å². The van der Waals surface area contributed by atoms with Gasteiger partial charge in [-0.1, -0.05) is 91.0 Å². The molecule has 2 nitrogen and oxygen atoms in total. The monoisotopic (exact) mass is 330 g/mol. The van der Waals surface area contributed by atoms with E-state index in [1.54, 1.807) is 0 Å². The van der Waals surface area contributed by atoms with Gasteiger partial charge in [0.25, 0.3) is 0 Å². The maximum absolute atomic E-state index is 3.48. The minimum atomic E-state index is 0.314. The number of rotatable bonds is 8. The molecule has 0 amide bonds. The molecule has 1 atom stereocenters. The SMILES string of the molecule is CN[C@@H](CN(Cc1ccccc1)Cc1ccccc1)c1ccccc1. The van der Waals surface area contributed by atoms with Crippen LogP contribution in [-0.4, -0.2) is 18.5 Å². The lowest BCUT2D eigenvalue weighted by Crippen LogP contribution is -2.33.